The van der Waals surface area contributed by atoms with E-state index in [0.717, 1.165) is 16.6 Å². The lowest BCUT2D eigenvalue weighted by Gasteiger charge is -2.09. The molecule has 0 aliphatic carbocycles. The first kappa shape index (κ1) is 17.1. The van der Waals surface area contributed by atoms with Crippen LogP contribution in [0.15, 0.2) is 54.6 Å². The van der Waals surface area contributed by atoms with Crippen molar-refractivity contribution in [3.05, 3.63) is 71.4 Å². The van der Waals surface area contributed by atoms with E-state index in [1.54, 1.807) is 30.3 Å². The summed E-state index contributed by atoms with van der Waals surface area (Å²) in [5.74, 6) is -0.490. The molecule has 3 N–H and O–H groups in total. The molecule has 1 amide bonds. The van der Waals surface area contributed by atoms with Gasteiger partial charge < -0.3 is 5.32 Å². The average Bonchev–Trinajstić information content (AvgIpc) is 2.54. The van der Waals surface area contributed by atoms with E-state index in [4.69, 9.17) is 5.14 Å². The third-order valence-electron chi connectivity index (χ3n) is 3.67. The maximum absolute atomic E-state index is 12.6. The van der Waals surface area contributed by atoms with Crippen molar-refractivity contribution >= 4 is 32.5 Å². The smallest absolute Gasteiger partial charge is 0.256 e. The third-order valence-corrected chi connectivity index (χ3v) is 4.40. The van der Waals surface area contributed by atoms with Gasteiger partial charge in [0.2, 0.25) is 10.0 Å². The second-order valence-corrected chi connectivity index (χ2v) is 7.40. The average molecular weight is 355 g/mol. The molecule has 0 bridgehead atoms. The number of para-hydroxylation sites is 1. The molecule has 2 aromatic carbocycles. The number of nitrogens with two attached hydrogens (primary N) is 1. The zero-order valence-corrected chi connectivity index (χ0v) is 14.4. The van der Waals surface area contributed by atoms with Gasteiger partial charge in [-0.2, -0.15) is 0 Å². The number of hydrogen-bond acceptors (Lipinski definition) is 4. The molecule has 1 aromatic heterocycles. The van der Waals surface area contributed by atoms with Crippen molar-refractivity contribution in [1.82, 2.24) is 4.98 Å². The first-order chi connectivity index (χ1) is 11.8. The van der Waals surface area contributed by atoms with Crippen LogP contribution in [0.5, 0.6) is 0 Å². The van der Waals surface area contributed by atoms with Crippen LogP contribution in [0.1, 0.15) is 21.6 Å². The number of sulfonamides is 1. The van der Waals surface area contributed by atoms with Crippen molar-refractivity contribution in [2.75, 3.05) is 5.32 Å². The highest BCUT2D eigenvalue weighted by molar-refractivity contribution is 7.88. The van der Waals surface area contributed by atoms with Gasteiger partial charge in [0.15, 0.2) is 0 Å². The third kappa shape index (κ3) is 4.20. The summed E-state index contributed by atoms with van der Waals surface area (Å²) in [4.78, 5) is 17.1. The maximum atomic E-state index is 12.6. The number of carbonyl (C=O) groups excluding carboxylic acids is 1. The molecule has 0 atom stereocenters. The molecular weight excluding hydrogens is 338 g/mol. The number of pyridine rings is 1. The molecule has 0 spiro atoms. The monoisotopic (exact) mass is 355 g/mol. The van der Waals surface area contributed by atoms with E-state index in [1.165, 1.54) is 0 Å². The van der Waals surface area contributed by atoms with E-state index in [0.29, 0.717) is 16.8 Å². The van der Waals surface area contributed by atoms with Crippen LogP contribution in [0.3, 0.4) is 0 Å². The minimum Gasteiger partial charge on any atom is -0.322 e. The van der Waals surface area contributed by atoms with Gasteiger partial charge in [0.1, 0.15) is 0 Å². The molecule has 25 heavy (non-hydrogen) atoms. The highest BCUT2D eigenvalue weighted by Gasteiger charge is 2.12. The molecule has 0 fully saturated rings. The Morgan fingerprint density at radius 3 is 2.48 bits per heavy atom. The number of primary sulfonamides is 1. The van der Waals surface area contributed by atoms with Gasteiger partial charge in [0.25, 0.3) is 5.91 Å². The fraction of sp³-hybridized carbons (Fsp3) is 0.111. The Morgan fingerprint density at radius 2 is 1.80 bits per heavy atom. The molecular formula is C18H17N3O3S. The number of fused-ring (bicyclic) bond motifs is 1. The van der Waals surface area contributed by atoms with E-state index in [1.807, 2.05) is 31.2 Å². The van der Waals surface area contributed by atoms with Crippen molar-refractivity contribution < 1.29 is 13.2 Å². The van der Waals surface area contributed by atoms with Crippen LogP contribution >= 0.6 is 0 Å². The topological polar surface area (TPSA) is 102 Å². The summed E-state index contributed by atoms with van der Waals surface area (Å²) in [5.41, 5.74) is 3.19. The van der Waals surface area contributed by atoms with Crippen molar-refractivity contribution in [2.45, 2.75) is 12.7 Å². The summed E-state index contributed by atoms with van der Waals surface area (Å²) in [7, 11) is -3.58. The minimum absolute atomic E-state index is 0.241. The lowest BCUT2D eigenvalue weighted by Crippen LogP contribution is -2.15. The van der Waals surface area contributed by atoms with Gasteiger partial charge >= 0.3 is 0 Å². The van der Waals surface area contributed by atoms with E-state index < -0.39 is 10.0 Å². The van der Waals surface area contributed by atoms with E-state index in [-0.39, 0.29) is 11.7 Å². The number of aromatic nitrogens is 1. The summed E-state index contributed by atoms with van der Waals surface area (Å²) in [6.07, 6.45) is 0. The second kappa shape index (κ2) is 6.62. The van der Waals surface area contributed by atoms with Crippen molar-refractivity contribution in [1.29, 1.82) is 0 Å². The van der Waals surface area contributed by atoms with Crippen LogP contribution in [0.2, 0.25) is 0 Å². The van der Waals surface area contributed by atoms with Crippen molar-refractivity contribution in [3.8, 4) is 0 Å². The van der Waals surface area contributed by atoms with Gasteiger partial charge in [-0.1, -0.05) is 30.3 Å². The van der Waals surface area contributed by atoms with Gasteiger partial charge in [-0.3, -0.25) is 9.78 Å². The Labute approximate surface area is 145 Å². The van der Waals surface area contributed by atoms with E-state index in [2.05, 4.69) is 10.3 Å². The van der Waals surface area contributed by atoms with Crippen LogP contribution < -0.4 is 10.5 Å². The summed E-state index contributed by atoms with van der Waals surface area (Å²) in [6.45, 7) is 1.84. The summed E-state index contributed by atoms with van der Waals surface area (Å²) >= 11 is 0. The van der Waals surface area contributed by atoms with Gasteiger partial charge in [-0.25, -0.2) is 13.6 Å². The summed E-state index contributed by atoms with van der Waals surface area (Å²) in [5, 5.41) is 8.62. The first-order valence-corrected chi connectivity index (χ1v) is 9.30. The lowest BCUT2D eigenvalue weighted by molar-refractivity contribution is 0.102. The molecule has 0 saturated heterocycles. The Morgan fingerprint density at radius 1 is 1.12 bits per heavy atom. The molecule has 0 aliphatic heterocycles. The number of hydrogen-bond donors (Lipinski definition) is 2. The molecule has 6 nitrogen and oxygen atoms in total. The fourth-order valence-electron chi connectivity index (χ4n) is 2.61. The number of aryl methyl sites for hydroxylation is 1. The van der Waals surface area contributed by atoms with Crippen LogP contribution in [-0.4, -0.2) is 19.3 Å². The molecule has 3 aromatic rings. The van der Waals surface area contributed by atoms with Gasteiger partial charge in [0.05, 0.1) is 16.8 Å². The van der Waals surface area contributed by atoms with Gasteiger partial charge in [-0.05, 0) is 36.8 Å². The molecule has 1 heterocycles. The number of nitrogens with one attached hydrogen (secondary N) is 1. The normalized spacial score (nSPS) is 11.4. The maximum Gasteiger partial charge on any atom is 0.256 e. The Kier molecular flexibility index (Phi) is 4.52. The molecule has 0 unspecified atom stereocenters. The van der Waals surface area contributed by atoms with Gasteiger partial charge in [0, 0.05) is 16.8 Å². The lowest BCUT2D eigenvalue weighted by atomic mass is 10.1. The van der Waals surface area contributed by atoms with E-state index >= 15 is 0 Å². The number of amides is 1. The Balaban J connectivity index is 1.86. The Bertz CT molecular complexity index is 1040. The van der Waals surface area contributed by atoms with Crippen molar-refractivity contribution in [2.24, 2.45) is 5.14 Å². The number of anilines is 1. The molecule has 0 aliphatic rings. The second-order valence-electron chi connectivity index (χ2n) is 5.79. The Hall–Kier alpha value is -2.77. The first-order valence-electron chi connectivity index (χ1n) is 7.59. The number of nitrogens with zero attached hydrogens (tertiary/aromatic N) is 1. The molecule has 3 rings (SSSR count). The highest BCUT2D eigenvalue weighted by Crippen LogP contribution is 2.20. The SMILES string of the molecule is Cc1cc(C(=O)Nc2ccc(CS(N)(=O)=O)cc2)c2ccccc2n1. The predicted octanol–water partition coefficient (Wildman–Crippen LogP) is 2.58. The van der Waals surface area contributed by atoms with Gasteiger partial charge in [-0.15, -0.1) is 0 Å². The van der Waals surface area contributed by atoms with Crippen LogP contribution in [-0.2, 0) is 15.8 Å². The number of carbonyl (C=O) groups is 1. The standard InChI is InChI=1S/C18H17N3O3S/c1-12-10-16(15-4-2-3-5-17(15)20-12)18(22)21-14-8-6-13(7-9-14)11-25(19,23)24/h2-10H,11H2,1H3,(H,21,22)(H2,19,23,24). The summed E-state index contributed by atoms with van der Waals surface area (Å²) in [6, 6.07) is 15.7. The highest BCUT2D eigenvalue weighted by atomic mass is 32.2. The minimum atomic E-state index is -3.58. The fourth-order valence-corrected chi connectivity index (χ4v) is 3.27. The zero-order valence-electron chi connectivity index (χ0n) is 13.6. The molecule has 0 radical (unpaired) electrons. The predicted molar refractivity (Wildman–Crippen MR) is 97.7 cm³/mol. The zero-order chi connectivity index (χ0) is 18.0. The van der Waals surface area contributed by atoms with Crippen LogP contribution in [0.4, 0.5) is 5.69 Å². The van der Waals surface area contributed by atoms with Crippen LogP contribution in [0, 0.1) is 6.92 Å². The number of benzene rings is 2. The quantitative estimate of drug-likeness (QED) is 0.751. The van der Waals surface area contributed by atoms with Crippen LogP contribution in [0.25, 0.3) is 10.9 Å². The largest absolute Gasteiger partial charge is 0.322 e. The molecule has 0 saturated carbocycles. The van der Waals surface area contributed by atoms with Crippen molar-refractivity contribution in [3.63, 3.8) is 0 Å². The van der Waals surface area contributed by atoms with E-state index in [9.17, 15) is 13.2 Å². The number of rotatable bonds is 4. The molecule has 7 heteroatoms. The molecule has 128 valence electrons. The summed E-state index contributed by atoms with van der Waals surface area (Å²) < 4.78 is 22.2.